The molecular formula is C20H24N6O2. The minimum Gasteiger partial charge on any atom is -0.377 e. The summed E-state index contributed by atoms with van der Waals surface area (Å²) in [5, 5.41) is 6.13. The summed E-state index contributed by atoms with van der Waals surface area (Å²) in [7, 11) is 1.84. The summed E-state index contributed by atoms with van der Waals surface area (Å²) in [5.41, 5.74) is 2.29. The Labute approximate surface area is 164 Å². The first-order valence-corrected chi connectivity index (χ1v) is 9.18. The maximum atomic E-state index is 5.50. The lowest BCUT2D eigenvalue weighted by Gasteiger charge is -2.11. The summed E-state index contributed by atoms with van der Waals surface area (Å²) in [6.45, 7) is 3.33. The SMILES string of the molecule is CN1/N=C/c2cccc(n2)C=NCCOCCOCCN=Cc2cccc1n2. The number of pyridine rings is 2. The Morgan fingerprint density at radius 1 is 0.714 bits per heavy atom. The molecule has 1 aliphatic heterocycles. The largest absolute Gasteiger partial charge is 0.377 e. The first-order valence-electron chi connectivity index (χ1n) is 9.18. The van der Waals surface area contributed by atoms with Gasteiger partial charge in [-0.25, -0.2) is 9.97 Å². The highest BCUT2D eigenvalue weighted by Crippen LogP contribution is 2.09. The van der Waals surface area contributed by atoms with Crippen molar-refractivity contribution >= 4 is 24.5 Å². The van der Waals surface area contributed by atoms with Gasteiger partial charge in [-0.05, 0) is 24.3 Å². The molecule has 0 aromatic carbocycles. The van der Waals surface area contributed by atoms with Gasteiger partial charge in [0, 0.05) is 19.5 Å². The van der Waals surface area contributed by atoms with Gasteiger partial charge in [0.2, 0.25) is 0 Å². The molecule has 0 amide bonds. The van der Waals surface area contributed by atoms with Crippen molar-refractivity contribution in [3.8, 4) is 0 Å². The number of aliphatic imine (C=N–C) groups is 2. The van der Waals surface area contributed by atoms with Crippen molar-refractivity contribution in [1.29, 1.82) is 0 Å². The average Bonchev–Trinajstić information content (AvgIpc) is 2.73. The van der Waals surface area contributed by atoms with Crippen LogP contribution in [0.1, 0.15) is 17.1 Å². The number of ether oxygens (including phenoxy) is 2. The minimum absolute atomic E-state index is 0.540. The van der Waals surface area contributed by atoms with E-state index in [9.17, 15) is 0 Å². The molecule has 0 radical (unpaired) electrons. The molecule has 3 heterocycles. The Morgan fingerprint density at radius 2 is 1.29 bits per heavy atom. The van der Waals surface area contributed by atoms with E-state index < -0.39 is 0 Å². The summed E-state index contributed by atoms with van der Waals surface area (Å²) in [6.07, 6.45) is 5.18. The summed E-state index contributed by atoms with van der Waals surface area (Å²) < 4.78 is 11.0. The van der Waals surface area contributed by atoms with Crippen LogP contribution >= 0.6 is 0 Å². The summed E-state index contributed by atoms with van der Waals surface area (Å²) in [5.74, 6) is 0.720. The van der Waals surface area contributed by atoms with Gasteiger partial charge >= 0.3 is 0 Å². The molecule has 0 atom stereocenters. The van der Waals surface area contributed by atoms with E-state index in [4.69, 9.17) is 9.47 Å². The smallest absolute Gasteiger partial charge is 0.149 e. The zero-order chi connectivity index (χ0) is 19.4. The highest BCUT2D eigenvalue weighted by atomic mass is 16.5. The van der Waals surface area contributed by atoms with E-state index in [0.29, 0.717) is 39.5 Å². The molecule has 0 unspecified atom stereocenters. The molecule has 4 bridgehead atoms. The summed E-state index contributed by atoms with van der Waals surface area (Å²) in [6, 6.07) is 11.4. The second-order valence-corrected chi connectivity index (χ2v) is 5.97. The summed E-state index contributed by atoms with van der Waals surface area (Å²) >= 11 is 0. The normalized spacial score (nSPS) is 17.7. The number of anilines is 1. The Bertz CT molecular complexity index is 837. The van der Waals surface area contributed by atoms with Crippen molar-refractivity contribution in [3.63, 3.8) is 0 Å². The molecule has 2 aromatic heterocycles. The van der Waals surface area contributed by atoms with Crippen LogP contribution in [0, 0.1) is 0 Å². The van der Waals surface area contributed by atoms with Crippen molar-refractivity contribution in [3.05, 3.63) is 53.5 Å². The molecule has 0 spiro atoms. The zero-order valence-corrected chi connectivity index (χ0v) is 15.9. The molecule has 146 valence electrons. The Kier molecular flexibility index (Phi) is 7.78. The molecule has 8 nitrogen and oxygen atoms in total. The molecule has 0 saturated heterocycles. The molecule has 28 heavy (non-hydrogen) atoms. The van der Waals surface area contributed by atoms with E-state index in [2.05, 4.69) is 25.1 Å². The molecule has 0 N–H and O–H groups in total. The Balaban J connectivity index is 1.76. The number of hydrogen-bond acceptors (Lipinski definition) is 8. The molecule has 0 saturated carbocycles. The van der Waals surface area contributed by atoms with E-state index in [0.717, 1.165) is 22.9 Å². The van der Waals surface area contributed by atoms with Crippen LogP contribution in [0.25, 0.3) is 0 Å². The Morgan fingerprint density at radius 3 is 1.96 bits per heavy atom. The topological polar surface area (TPSA) is 84.6 Å². The van der Waals surface area contributed by atoms with Gasteiger partial charge in [-0.1, -0.05) is 12.1 Å². The van der Waals surface area contributed by atoms with Crippen LogP contribution in [-0.4, -0.2) is 75.2 Å². The van der Waals surface area contributed by atoms with Crippen LogP contribution in [0.2, 0.25) is 0 Å². The van der Waals surface area contributed by atoms with Gasteiger partial charge in [0.05, 0.1) is 62.8 Å². The van der Waals surface area contributed by atoms with Crippen LogP contribution in [0.15, 0.2) is 51.5 Å². The molecule has 1 aliphatic rings. The van der Waals surface area contributed by atoms with Gasteiger partial charge < -0.3 is 9.47 Å². The number of hydrazone groups is 1. The predicted octanol–water partition coefficient (Wildman–Crippen LogP) is 1.83. The third-order valence-corrected chi connectivity index (χ3v) is 3.79. The molecule has 2 aromatic rings. The van der Waals surface area contributed by atoms with E-state index in [1.165, 1.54) is 0 Å². The fourth-order valence-electron chi connectivity index (χ4n) is 2.38. The lowest BCUT2D eigenvalue weighted by Crippen LogP contribution is -2.12. The monoisotopic (exact) mass is 380 g/mol. The third-order valence-electron chi connectivity index (χ3n) is 3.79. The lowest BCUT2D eigenvalue weighted by molar-refractivity contribution is 0.0541. The fraction of sp³-hybridized carbons (Fsp3) is 0.350. The quantitative estimate of drug-likeness (QED) is 0.696. The predicted molar refractivity (Wildman–Crippen MR) is 111 cm³/mol. The van der Waals surface area contributed by atoms with Crippen molar-refractivity contribution in [2.45, 2.75) is 0 Å². The van der Waals surface area contributed by atoms with Crippen LogP contribution in [0.5, 0.6) is 0 Å². The highest BCUT2D eigenvalue weighted by molar-refractivity contribution is 5.82. The van der Waals surface area contributed by atoms with Crippen LogP contribution in [0.4, 0.5) is 5.82 Å². The van der Waals surface area contributed by atoms with Gasteiger partial charge in [-0.15, -0.1) is 0 Å². The van der Waals surface area contributed by atoms with Crippen molar-refractivity contribution in [2.24, 2.45) is 15.1 Å². The highest BCUT2D eigenvalue weighted by Gasteiger charge is 2.01. The first kappa shape index (κ1) is 19.8. The van der Waals surface area contributed by atoms with Crippen LogP contribution < -0.4 is 5.01 Å². The number of aromatic nitrogens is 2. The number of hydrogen-bond donors (Lipinski definition) is 0. The Hall–Kier alpha value is -2.97. The maximum absolute atomic E-state index is 5.50. The summed E-state index contributed by atoms with van der Waals surface area (Å²) in [4.78, 5) is 17.8. The minimum atomic E-state index is 0.540. The molecule has 8 heteroatoms. The van der Waals surface area contributed by atoms with Crippen LogP contribution in [-0.2, 0) is 9.47 Å². The van der Waals surface area contributed by atoms with Gasteiger partial charge in [0.1, 0.15) is 5.82 Å². The second-order valence-electron chi connectivity index (χ2n) is 5.97. The second kappa shape index (κ2) is 11.0. The van der Waals surface area contributed by atoms with Crippen LogP contribution in [0.3, 0.4) is 0 Å². The standard InChI is InChI=1S/C20H24N6O2/c1-26-20-7-3-6-18(25-20)15-22-9-11-28-13-12-27-10-8-21-14-17-4-2-5-19(24-17)16-23-26/h2-7,14-16H,8-13H2,1H3/b21-14?,22-15?,23-16+. The van der Waals surface area contributed by atoms with E-state index in [-0.39, 0.29) is 0 Å². The molecule has 0 aliphatic carbocycles. The van der Waals surface area contributed by atoms with Gasteiger partial charge in [-0.3, -0.25) is 15.0 Å². The van der Waals surface area contributed by atoms with E-state index in [1.54, 1.807) is 23.7 Å². The van der Waals surface area contributed by atoms with Gasteiger partial charge in [-0.2, -0.15) is 5.10 Å². The molecular weight excluding hydrogens is 356 g/mol. The zero-order valence-electron chi connectivity index (χ0n) is 15.9. The average molecular weight is 380 g/mol. The van der Waals surface area contributed by atoms with Crippen molar-refractivity contribution < 1.29 is 9.47 Å². The molecule has 0 fully saturated rings. The lowest BCUT2D eigenvalue weighted by atomic mass is 10.3. The van der Waals surface area contributed by atoms with E-state index in [1.807, 2.05) is 43.4 Å². The van der Waals surface area contributed by atoms with Gasteiger partial charge in [0.15, 0.2) is 0 Å². The maximum Gasteiger partial charge on any atom is 0.149 e. The van der Waals surface area contributed by atoms with Crippen molar-refractivity contribution in [1.82, 2.24) is 9.97 Å². The third kappa shape index (κ3) is 6.64. The fourth-order valence-corrected chi connectivity index (χ4v) is 2.38. The first-order chi connectivity index (χ1) is 13.8. The van der Waals surface area contributed by atoms with Crippen molar-refractivity contribution in [2.75, 3.05) is 51.6 Å². The van der Waals surface area contributed by atoms with Gasteiger partial charge in [0.25, 0.3) is 0 Å². The number of fused-ring (bicyclic) bond motifs is 4. The number of nitrogens with zero attached hydrogens (tertiary/aromatic N) is 6. The number of rotatable bonds is 0. The van der Waals surface area contributed by atoms with E-state index >= 15 is 0 Å². The molecule has 3 rings (SSSR count).